The molecule has 1 aromatic rings. The van der Waals surface area contributed by atoms with Gasteiger partial charge in [-0.25, -0.2) is 13.2 Å². The molecule has 33 heavy (non-hydrogen) atoms. The molecular weight excluding hydrogens is 442 g/mol. The fraction of sp³-hybridized carbons (Fsp3) is 0.625. The lowest BCUT2D eigenvalue weighted by Gasteiger charge is -2.37. The normalized spacial score (nSPS) is 21.0. The van der Waals surface area contributed by atoms with Crippen LogP contribution < -0.4 is 10.1 Å². The second-order valence-electron chi connectivity index (χ2n) is 8.94. The number of fused-ring (bicyclic) bond motifs is 1. The third kappa shape index (κ3) is 6.85. The number of urea groups is 1. The van der Waals surface area contributed by atoms with Gasteiger partial charge in [-0.3, -0.25) is 0 Å². The van der Waals surface area contributed by atoms with E-state index in [-0.39, 0.29) is 48.3 Å². The smallest absolute Gasteiger partial charge is 0.317 e. The van der Waals surface area contributed by atoms with Crippen molar-refractivity contribution < 1.29 is 23.1 Å². The van der Waals surface area contributed by atoms with Crippen molar-refractivity contribution in [1.82, 2.24) is 14.5 Å². The first kappa shape index (κ1) is 27.0. The summed E-state index contributed by atoms with van der Waals surface area (Å²) in [6, 6.07) is 4.00. The molecule has 0 spiro atoms. The van der Waals surface area contributed by atoms with Gasteiger partial charge in [0.1, 0.15) is 16.7 Å². The molecule has 0 radical (unpaired) electrons. The fourth-order valence-electron chi connectivity index (χ4n) is 3.52. The molecule has 1 aliphatic rings. The molecule has 1 aromatic carbocycles. The van der Waals surface area contributed by atoms with Gasteiger partial charge in [0, 0.05) is 43.6 Å². The largest absolute Gasteiger partial charge is 0.487 e. The fourth-order valence-corrected chi connectivity index (χ4v) is 5.35. The third-order valence-electron chi connectivity index (χ3n) is 5.49. The highest BCUT2D eigenvalue weighted by molar-refractivity contribution is 7.89. The Morgan fingerprint density at radius 1 is 1.36 bits per heavy atom. The van der Waals surface area contributed by atoms with Crippen LogP contribution >= 0.6 is 0 Å². The molecule has 9 heteroatoms. The van der Waals surface area contributed by atoms with Crippen LogP contribution in [0.5, 0.6) is 5.75 Å². The van der Waals surface area contributed by atoms with Gasteiger partial charge in [-0.15, -0.1) is 0 Å². The number of unbranched alkanes of at least 4 members (excludes halogenated alkanes) is 1. The van der Waals surface area contributed by atoms with E-state index < -0.39 is 22.2 Å². The lowest BCUT2D eigenvalue weighted by atomic mass is 10.0. The van der Waals surface area contributed by atoms with Crippen molar-refractivity contribution in [2.45, 2.75) is 70.5 Å². The van der Waals surface area contributed by atoms with Gasteiger partial charge < -0.3 is 20.1 Å². The van der Waals surface area contributed by atoms with Crippen molar-refractivity contribution >= 4 is 16.1 Å². The van der Waals surface area contributed by atoms with E-state index >= 15 is 0 Å². The minimum absolute atomic E-state index is 0.00774. The van der Waals surface area contributed by atoms with E-state index in [1.807, 2.05) is 27.7 Å². The Bertz CT molecular complexity index is 984. The molecule has 1 heterocycles. The van der Waals surface area contributed by atoms with E-state index in [0.29, 0.717) is 5.56 Å². The van der Waals surface area contributed by atoms with Gasteiger partial charge in [-0.05, 0) is 45.4 Å². The maximum absolute atomic E-state index is 13.5. The summed E-state index contributed by atoms with van der Waals surface area (Å²) >= 11 is 0. The highest BCUT2D eigenvalue weighted by Crippen LogP contribution is 2.34. The number of sulfonamides is 1. The van der Waals surface area contributed by atoms with Crippen LogP contribution in [-0.4, -0.2) is 73.7 Å². The van der Waals surface area contributed by atoms with Crippen LogP contribution in [0.15, 0.2) is 23.1 Å². The number of hydrogen-bond acceptors (Lipinski definition) is 5. The van der Waals surface area contributed by atoms with E-state index in [1.54, 1.807) is 31.0 Å². The summed E-state index contributed by atoms with van der Waals surface area (Å²) < 4.78 is 34.5. The highest BCUT2D eigenvalue weighted by Gasteiger charge is 2.38. The summed E-state index contributed by atoms with van der Waals surface area (Å²) in [4.78, 5) is 14.0. The number of ether oxygens (including phenoxy) is 1. The quantitative estimate of drug-likeness (QED) is 0.611. The molecule has 8 nitrogen and oxygen atoms in total. The van der Waals surface area contributed by atoms with Crippen LogP contribution in [0.2, 0.25) is 0 Å². The Morgan fingerprint density at radius 3 is 2.67 bits per heavy atom. The standard InChI is InChI=1S/C24H37N3O5S/c1-7-8-9-10-20-11-12-23-21(13-20)32-22(15-26(6)24(29)25-17(2)3)18(4)14-27(19(5)16-28)33(23,30)31/h11-13,17-19,22,28H,7-8,14-16H2,1-6H3,(H,25,29)/t18-,19-,22+/m0/s1. The first-order valence-corrected chi connectivity index (χ1v) is 12.9. The molecule has 184 valence electrons. The molecule has 1 aliphatic heterocycles. The molecule has 2 N–H and O–H groups in total. The number of rotatable bonds is 6. The van der Waals surface area contributed by atoms with Gasteiger partial charge in [0.2, 0.25) is 10.0 Å². The number of nitrogens with zero attached hydrogens (tertiary/aromatic N) is 2. The van der Waals surface area contributed by atoms with E-state index in [9.17, 15) is 18.3 Å². The number of carbonyl (C=O) groups is 1. The number of likely N-dealkylation sites (N-methyl/N-ethyl adjacent to an activating group) is 1. The molecule has 0 aromatic heterocycles. The molecule has 2 amide bonds. The Morgan fingerprint density at radius 2 is 2.06 bits per heavy atom. The lowest BCUT2D eigenvalue weighted by molar-refractivity contribution is 0.0809. The first-order chi connectivity index (χ1) is 15.5. The number of hydrogen-bond donors (Lipinski definition) is 2. The number of aliphatic hydroxyl groups excluding tert-OH is 1. The van der Waals surface area contributed by atoms with Crippen molar-refractivity contribution in [3.05, 3.63) is 23.8 Å². The minimum atomic E-state index is -3.91. The van der Waals surface area contributed by atoms with E-state index in [1.165, 1.54) is 10.4 Å². The SMILES string of the molecule is CCCC#Cc1ccc2c(c1)O[C@H](CN(C)C(=O)NC(C)C)[C@@H](C)CN([C@@H](C)CO)S2(=O)=O. The first-order valence-electron chi connectivity index (χ1n) is 11.4. The summed E-state index contributed by atoms with van der Waals surface area (Å²) in [5.41, 5.74) is 0.664. The minimum Gasteiger partial charge on any atom is -0.487 e. The number of nitrogens with one attached hydrogen (secondary N) is 1. The zero-order chi connectivity index (χ0) is 24.8. The monoisotopic (exact) mass is 479 g/mol. The molecule has 0 bridgehead atoms. The highest BCUT2D eigenvalue weighted by atomic mass is 32.2. The van der Waals surface area contributed by atoms with Crippen LogP contribution in [0, 0.1) is 17.8 Å². The summed E-state index contributed by atoms with van der Waals surface area (Å²) in [7, 11) is -2.22. The van der Waals surface area contributed by atoms with E-state index in [2.05, 4.69) is 17.2 Å². The molecule has 0 unspecified atom stereocenters. The Kier molecular flexibility index (Phi) is 9.58. The number of benzene rings is 1. The summed E-state index contributed by atoms with van der Waals surface area (Å²) in [5.74, 6) is 6.09. The molecule has 0 fully saturated rings. The number of carbonyl (C=O) groups excluding carboxylic acids is 1. The van der Waals surface area contributed by atoms with Crippen molar-refractivity contribution in [2.24, 2.45) is 5.92 Å². The van der Waals surface area contributed by atoms with Gasteiger partial charge in [0.05, 0.1) is 13.2 Å². The Labute approximate surface area is 198 Å². The molecule has 2 rings (SSSR count). The zero-order valence-electron chi connectivity index (χ0n) is 20.5. The van der Waals surface area contributed by atoms with Crippen LogP contribution in [0.3, 0.4) is 0 Å². The second kappa shape index (κ2) is 11.7. The molecule has 3 atom stereocenters. The predicted molar refractivity (Wildman–Crippen MR) is 129 cm³/mol. The van der Waals surface area contributed by atoms with Crippen LogP contribution in [-0.2, 0) is 10.0 Å². The van der Waals surface area contributed by atoms with Crippen molar-refractivity contribution in [3.8, 4) is 17.6 Å². The molecule has 0 aliphatic carbocycles. The van der Waals surface area contributed by atoms with Gasteiger partial charge in [0.15, 0.2) is 0 Å². The van der Waals surface area contributed by atoms with Crippen LogP contribution in [0.1, 0.15) is 53.0 Å². The van der Waals surface area contributed by atoms with Gasteiger partial charge in [0.25, 0.3) is 0 Å². The summed E-state index contributed by atoms with van der Waals surface area (Å²) in [6.45, 7) is 9.51. The lowest BCUT2D eigenvalue weighted by Crippen LogP contribution is -2.51. The van der Waals surface area contributed by atoms with Crippen LogP contribution in [0.25, 0.3) is 0 Å². The summed E-state index contributed by atoms with van der Waals surface area (Å²) in [5, 5.41) is 12.6. The third-order valence-corrected chi connectivity index (χ3v) is 7.51. The second-order valence-corrected chi connectivity index (χ2v) is 10.8. The molecule has 0 saturated heterocycles. The van der Waals surface area contributed by atoms with E-state index in [4.69, 9.17) is 4.74 Å². The van der Waals surface area contributed by atoms with Gasteiger partial charge in [-0.2, -0.15) is 4.31 Å². The van der Waals surface area contributed by atoms with E-state index in [0.717, 1.165) is 12.8 Å². The maximum Gasteiger partial charge on any atom is 0.317 e. The number of amides is 2. The Balaban J connectivity index is 2.50. The van der Waals surface area contributed by atoms with Gasteiger partial charge >= 0.3 is 6.03 Å². The van der Waals surface area contributed by atoms with Crippen molar-refractivity contribution in [2.75, 3.05) is 26.7 Å². The maximum atomic E-state index is 13.5. The Hall–Kier alpha value is -2.28. The van der Waals surface area contributed by atoms with Gasteiger partial charge in [-0.1, -0.05) is 25.7 Å². The van der Waals surface area contributed by atoms with Crippen molar-refractivity contribution in [1.29, 1.82) is 0 Å². The topological polar surface area (TPSA) is 99.2 Å². The molecule has 0 saturated carbocycles. The zero-order valence-corrected chi connectivity index (χ0v) is 21.3. The van der Waals surface area contributed by atoms with Crippen molar-refractivity contribution in [3.63, 3.8) is 0 Å². The summed E-state index contributed by atoms with van der Waals surface area (Å²) in [6.07, 6.45) is 1.21. The number of aliphatic hydroxyl groups is 1. The average Bonchev–Trinajstić information content (AvgIpc) is 2.75. The molecular formula is C24H37N3O5S. The predicted octanol–water partition coefficient (Wildman–Crippen LogP) is 2.66. The van der Waals surface area contributed by atoms with Crippen LogP contribution in [0.4, 0.5) is 4.79 Å². The average molecular weight is 480 g/mol.